The second kappa shape index (κ2) is 7.50. The molecule has 23 heavy (non-hydrogen) atoms. The summed E-state index contributed by atoms with van der Waals surface area (Å²) in [6.45, 7) is 8.49. The Bertz CT molecular complexity index is 480. The van der Waals surface area contributed by atoms with E-state index in [0.29, 0.717) is 29.9 Å². The molecule has 0 heterocycles. The Balaban J connectivity index is 2.08. The first kappa shape index (κ1) is 18.0. The average molecular weight is 322 g/mol. The molecule has 0 bridgehead atoms. The van der Waals surface area contributed by atoms with Gasteiger partial charge in [-0.15, -0.1) is 0 Å². The molecule has 2 rings (SSSR count). The smallest absolute Gasteiger partial charge is 0.317 e. The lowest BCUT2D eigenvalue weighted by molar-refractivity contribution is -0.164. The Morgan fingerprint density at radius 1 is 1.26 bits per heavy atom. The highest BCUT2D eigenvalue weighted by molar-refractivity contribution is 6.06. The Morgan fingerprint density at radius 2 is 1.96 bits per heavy atom. The van der Waals surface area contributed by atoms with Crippen LogP contribution in [0.2, 0.25) is 0 Å². The van der Waals surface area contributed by atoms with Gasteiger partial charge in [0.15, 0.2) is 5.78 Å². The normalized spacial score (nSPS) is 35.0. The number of methoxy groups -OCH3 is 1. The molecule has 130 valence electrons. The van der Waals surface area contributed by atoms with Crippen molar-refractivity contribution in [2.45, 2.75) is 59.5 Å². The second-order valence-electron chi connectivity index (χ2n) is 7.68. The second-order valence-corrected chi connectivity index (χ2v) is 7.68. The van der Waals surface area contributed by atoms with E-state index in [1.54, 1.807) is 7.11 Å². The van der Waals surface area contributed by atoms with Crippen LogP contribution in [0.25, 0.3) is 0 Å². The van der Waals surface area contributed by atoms with E-state index in [1.807, 2.05) is 6.92 Å². The maximum Gasteiger partial charge on any atom is 0.317 e. The molecule has 1 unspecified atom stereocenters. The van der Waals surface area contributed by atoms with Crippen LogP contribution in [-0.4, -0.2) is 25.0 Å². The van der Waals surface area contributed by atoms with Crippen molar-refractivity contribution in [2.75, 3.05) is 7.11 Å². The third-order valence-corrected chi connectivity index (χ3v) is 5.45. The first-order chi connectivity index (χ1) is 10.8. The lowest BCUT2D eigenvalue weighted by Crippen LogP contribution is -2.41. The molecule has 4 nitrogen and oxygen atoms in total. The van der Waals surface area contributed by atoms with Crippen LogP contribution >= 0.6 is 0 Å². The Kier molecular flexibility index (Phi) is 5.88. The minimum atomic E-state index is -0.682. The fourth-order valence-electron chi connectivity index (χ4n) is 3.99. The van der Waals surface area contributed by atoms with Crippen LogP contribution in [0.3, 0.4) is 0 Å². The Hall–Kier alpha value is -1.32. The highest BCUT2D eigenvalue weighted by Crippen LogP contribution is 2.37. The molecule has 0 aromatic rings. The number of ether oxygens (including phenoxy) is 2. The zero-order valence-corrected chi connectivity index (χ0v) is 15.0. The zero-order valence-electron chi connectivity index (χ0n) is 15.0. The highest BCUT2D eigenvalue weighted by atomic mass is 16.5. The summed E-state index contributed by atoms with van der Waals surface area (Å²) in [5.74, 6) is 0.816. The van der Waals surface area contributed by atoms with Gasteiger partial charge in [0.25, 0.3) is 0 Å². The molecule has 1 fully saturated rings. The quantitative estimate of drug-likeness (QED) is 0.584. The van der Waals surface area contributed by atoms with Gasteiger partial charge in [0.1, 0.15) is 12.0 Å². The minimum absolute atomic E-state index is 0.0564. The number of hydrogen-bond acceptors (Lipinski definition) is 4. The number of rotatable bonds is 4. The van der Waals surface area contributed by atoms with Crippen LogP contribution < -0.4 is 0 Å². The predicted molar refractivity (Wildman–Crippen MR) is 88.6 cm³/mol. The number of hydrogen-bond donors (Lipinski definition) is 0. The van der Waals surface area contributed by atoms with E-state index in [0.717, 1.165) is 12.8 Å². The van der Waals surface area contributed by atoms with E-state index in [2.05, 4.69) is 20.8 Å². The first-order valence-corrected chi connectivity index (χ1v) is 8.82. The molecule has 2 aliphatic rings. The molecule has 0 amide bonds. The molecule has 0 spiro atoms. The van der Waals surface area contributed by atoms with Crippen LogP contribution in [0, 0.1) is 29.6 Å². The van der Waals surface area contributed by atoms with Crippen LogP contribution in [0.15, 0.2) is 11.8 Å². The molecular formula is C19H30O4. The summed E-state index contributed by atoms with van der Waals surface area (Å²) in [5.41, 5.74) is 0. The number of esters is 1. The van der Waals surface area contributed by atoms with Crippen molar-refractivity contribution in [3.63, 3.8) is 0 Å². The number of ketones is 1. The molecule has 5 atom stereocenters. The highest BCUT2D eigenvalue weighted by Gasteiger charge is 2.40. The summed E-state index contributed by atoms with van der Waals surface area (Å²) < 4.78 is 11.0. The summed E-state index contributed by atoms with van der Waals surface area (Å²) in [6, 6.07) is 0. The van der Waals surface area contributed by atoms with Gasteiger partial charge in [-0.25, -0.2) is 0 Å². The van der Waals surface area contributed by atoms with Crippen molar-refractivity contribution >= 4 is 11.8 Å². The van der Waals surface area contributed by atoms with Gasteiger partial charge in [0.2, 0.25) is 0 Å². The monoisotopic (exact) mass is 322 g/mol. The van der Waals surface area contributed by atoms with E-state index in [1.165, 1.54) is 12.5 Å². The molecule has 0 saturated heterocycles. The third-order valence-electron chi connectivity index (χ3n) is 5.45. The molecule has 0 aromatic heterocycles. The summed E-state index contributed by atoms with van der Waals surface area (Å²) in [4.78, 5) is 24.9. The average Bonchev–Trinajstić information content (AvgIpc) is 2.45. The van der Waals surface area contributed by atoms with Crippen molar-refractivity contribution in [1.29, 1.82) is 0 Å². The summed E-state index contributed by atoms with van der Waals surface area (Å²) >= 11 is 0. The van der Waals surface area contributed by atoms with Gasteiger partial charge in [-0.1, -0.05) is 34.1 Å². The van der Waals surface area contributed by atoms with Crippen molar-refractivity contribution in [2.24, 2.45) is 29.6 Å². The number of carbonyl (C=O) groups excluding carboxylic acids is 2. The van der Waals surface area contributed by atoms with Crippen molar-refractivity contribution in [1.82, 2.24) is 0 Å². The van der Waals surface area contributed by atoms with Crippen LogP contribution in [-0.2, 0) is 19.1 Å². The maximum atomic E-state index is 12.6. The maximum absolute atomic E-state index is 12.6. The van der Waals surface area contributed by atoms with Gasteiger partial charge in [0.05, 0.1) is 12.9 Å². The zero-order chi connectivity index (χ0) is 17.1. The molecule has 1 saturated carbocycles. The van der Waals surface area contributed by atoms with Crippen molar-refractivity contribution < 1.29 is 19.1 Å². The summed E-state index contributed by atoms with van der Waals surface area (Å²) in [6.07, 6.45) is 5.20. The van der Waals surface area contributed by atoms with E-state index in [-0.39, 0.29) is 23.8 Å². The van der Waals surface area contributed by atoms with Gasteiger partial charge < -0.3 is 9.47 Å². The topological polar surface area (TPSA) is 52.6 Å². The molecular weight excluding hydrogens is 292 g/mol. The largest absolute Gasteiger partial charge is 0.501 e. The lowest BCUT2D eigenvalue weighted by Gasteiger charge is -2.37. The minimum Gasteiger partial charge on any atom is -0.501 e. The molecule has 4 heteroatoms. The molecule has 0 aliphatic heterocycles. The molecule has 0 N–H and O–H groups in total. The standard InChI is InChI=1S/C19H30O4/c1-11(2)15-7-6-12(3)8-17(15)23-19(21)18-13(4)9-14(22-5)10-16(18)20/h10-13,15,17-18H,6-9H2,1-5H3/t12-,13+,15+,17-,18?/m1/s1. The fraction of sp³-hybridized carbons (Fsp3) is 0.789. The Labute approximate surface area is 139 Å². The lowest BCUT2D eigenvalue weighted by atomic mass is 9.75. The summed E-state index contributed by atoms with van der Waals surface area (Å²) in [5, 5.41) is 0. The van der Waals surface area contributed by atoms with Crippen LogP contribution in [0.4, 0.5) is 0 Å². The van der Waals surface area contributed by atoms with E-state index >= 15 is 0 Å². The third kappa shape index (κ3) is 4.15. The molecule has 2 aliphatic carbocycles. The van der Waals surface area contributed by atoms with E-state index in [4.69, 9.17) is 9.47 Å². The van der Waals surface area contributed by atoms with Gasteiger partial charge >= 0.3 is 5.97 Å². The van der Waals surface area contributed by atoms with Gasteiger partial charge in [-0.3, -0.25) is 9.59 Å². The van der Waals surface area contributed by atoms with E-state index in [9.17, 15) is 9.59 Å². The number of allylic oxidation sites excluding steroid dienone is 2. The van der Waals surface area contributed by atoms with Crippen molar-refractivity contribution in [3.8, 4) is 0 Å². The van der Waals surface area contributed by atoms with Crippen LogP contribution in [0.5, 0.6) is 0 Å². The van der Waals surface area contributed by atoms with Gasteiger partial charge in [-0.05, 0) is 36.5 Å². The molecule has 0 radical (unpaired) electrons. The Morgan fingerprint density at radius 3 is 2.52 bits per heavy atom. The number of carbonyl (C=O) groups is 2. The molecule has 0 aromatic carbocycles. The summed E-state index contributed by atoms with van der Waals surface area (Å²) in [7, 11) is 1.56. The van der Waals surface area contributed by atoms with Crippen molar-refractivity contribution in [3.05, 3.63) is 11.8 Å². The van der Waals surface area contributed by atoms with E-state index < -0.39 is 5.92 Å². The van der Waals surface area contributed by atoms with Gasteiger partial charge in [0, 0.05) is 12.5 Å². The van der Waals surface area contributed by atoms with Crippen LogP contribution in [0.1, 0.15) is 53.4 Å². The fourth-order valence-corrected chi connectivity index (χ4v) is 3.99. The van der Waals surface area contributed by atoms with Gasteiger partial charge in [-0.2, -0.15) is 0 Å². The SMILES string of the molecule is COC1=CC(=O)C(C(=O)O[C@@H]2C[C@H](C)CC[C@H]2C(C)C)[C@@H](C)C1. The first-order valence-electron chi connectivity index (χ1n) is 8.82. The predicted octanol–water partition coefficient (Wildman–Crippen LogP) is 3.75.